The number of aliphatic carboxylic acids is 1. The number of rotatable bonds is 6. The molecule has 2 rings (SSSR count). The molecule has 0 fully saturated rings. The first-order valence-corrected chi connectivity index (χ1v) is 7.45. The summed E-state index contributed by atoms with van der Waals surface area (Å²) in [5, 5.41) is 13.1. The number of para-hydroxylation sites is 1. The van der Waals surface area contributed by atoms with Crippen LogP contribution in [0.25, 0.3) is 0 Å². The molecule has 8 heteroatoms. The summed E-state index contributed by atoms with van der Waals surface area (Å²) in [6, 6.07) is 11.2. The quantitative estimate of drug-likeness (QED) is 0.606. The molecule has 0 bridgehead atoms. The highest BCUT2D eigenvalue weighted by atomic mass is 35.5. The molecule has 0 aromatic heterocycles. The van der Waals surface area contributed by atoms with Crippen LogP contribution in [0.1, 0.15) is 15.9 Å². The van der Waals surface area contributed by atoms with Crippen LogP contribution in [0.2, 0.25) is 10.0 Å². The summed E-state index contributed by atoms with van der Waals surface area (Å²) in [7, 11) is 0. The molecular weight excluding hydrogens is 355 g/mol. The highest BCUT2D eigenvalue weighted by Crippen LogP contribution is 2.20. The monoisotopic (exact) mass is 366 g/mol. The molecule has 2 aromatic carbocycles. The fourth-order valence-corrected chi connectivity index (χ4v) is 2.13. The largest absolute Gasteiger partial charge is 0.481 e. The maximum atomic E-state index is 12.0. The molecule has 0 heterocycles. The Balaban J connectivity index is 2.07. The van der Waals surface area contributed by atoms with Gasteiger partial charge in [-0.3, -0.25) is 4.79 Å². The first-order valence-electron chi connectivity index (χ1n) is 6.69. The van der Waals surface area contributed by atoms with Gasteiger partial charge in [0, 0.05) is 10.6 Å². The van der Waals surface area contributed by atoms with Gasteiger partial charge < -0.3 is 9.84 Å². The fraction of sp³-hybridized carbons (Fsp3) is 0.0625. The predicted octanol–water partition coefficient (Wildman–Crippen LogP) is 3.22. The minimum absolute atomic E-state index is 0.191. The third-order valence-corrected chi connectivity index (χ3v) is 3.38. The summed E-state index contributed by atoms with van der Waals surface area (Å²) in [5.41, 5.74) is 3.02. The molecule has 0 aliphatic heterocycles. The van der Waals surface area contributed by atoms with Crippen LogP contribution in [0.4, 0.5) is 0 Å². The summed E-state index contributed by atoms with van der Waals surface area (Å²) in [5.74, 6) is -1.29. The van der Waals surface area contributed by atoms with Crippen molar-refractivity contribution in [3.05, 3.63) is 63.6 Å². The SMILES string of the molecule is O=C(O)COc1ccccc1/C=N\NC(=O)c1cc(Cl)ccc1Cl. The first-order chi connectivity index (χ1) is 11.5. The molecule has 1 amide bonds. The van der Waals surface area contributed by atoms with E-state index in [2.05, 4.69) is 10.5 Å². The van der Waals surface area contributed by atoms with E-state index in [0.29, 0.717) is 16.3 Å². The van der Waals surface area contributed by atoms with E-state index in [-0.39, 0.29) is 10.6 Å². The number of amides is 1. The smallest absolute Gasteiger partial charge is 0.341 e. The van der Waals surface area contributed by atoms with E-state index >= 15 is 0 Å². The fourth-order valence-electron chi connectivity index (χ4n) is 1.75. The zero-order valence-corrected chi connectivity index (χ0v) is 13.7. The topological polar surface area (TPSA) is 88.0 Å². The van der Waals surface area contributed by atoms with Gasteiger partial charge in [0.2, 0.25) is 0 Å². The Bertz CT molecular complexity index is 793. The lowest BCUT2D eigenvalue weighted by atomic mass is 10.2. The Labute approximate surface area is 147 Å². The summed E-state index contributed by atoms with van der Waals surface area (Å²) >= 11 is 11.8. The number of hydrogen-bond acceptors (Lipinski definition) is 4. The maximum Gasteiger partial charge on any atom is 0.341 e. The van der Waals surface area contributed by atoms with Crippen molar-refractivity contribution >= 4 is 41.3 Å². The van der Waals surface area contributed by atoms with Crippen LogP contribution in [-0.2, 0) is 4.79 Å². The highest BCUT2D eigenvalue weighted by molar-refractivity contribution is 6.35. The number of carbonyl (C=O) groups excluding carboxylic acids is 1. The summed E-state index contributed by atoms with van der Waals surface area (Å²) in [4.78, 5) is 22.6. The second kappa shape index (κ2) is 8.33. The number of nitrogens with one attached hydrogen (secondary N) is 1. The van der Waals surface area contributed by atoms with Gasteiger partial charge in [-0.25, -0.2) is 10.2 Å². The molecule has 0 spiro atoms. The van der Waals surface area contributed by atoms with Crippen molar-refractivity contribution in [2.45, 2.75) is 0 Å². The first kappa shape index (κ1) is 17.8. The number of benzene rings is 2. The third kappa shape index (κ3) is 4.97. The minimum Gasteiger partial charge on any atom is -0.481 e. The Morgan fingerprint density at radius 3 is 2.71 bits per heavy atom. The van der Waals surface area contributed by atoms with Gasteiger partial charge in [-0.05, 0) is 30.3 Å². The number of nitrogens with zero attached hydrogens (tertiary/aromatic N) is 1. The van der Waals surface area contributed by atoms with E-state index in [4.69, 9.17) is 33.0 Å². The number of hydrogen-bond donors (Lipinski definition) is 2. The van der Waals surface area contributed by atoms with Gasteiger partial charge in [0.15, 0.2) is 6.61 Å². The lowest BCUT2D eigenvalue weighted by Gasteiger charge is -2.06. The van der Waals surface area contributed by atoms with Crippen LogP contribution < -0.4 is 10.2 Å². The zero-order chi connectivity index (χ0) is 17.5. The van der Waals surface area contributed by atoms with Gasteiger partial charge in [0.25, 0.3) is 5.91 Å². The molecule has 0 aliphatic rings. The molecule has 2 aromatic rings. The second-order valence-corrected chi connectivity index (χ2v) is 5.39. The molecule has 2 N–H and O–H groups in total. The summed E-state index contributed by atoms with van der Waals surface area (Å²) in [6.45, 7) is -0.477. The van der Waals surface area contributed by atoms with Gasteiger partial charge in [0.1, 0.15) is 5.75 Å². The van der Waals surface area contributed by atoms with E-state index in [0.717, 1.165) is 0 Å². The summed E-state index contributed by atoms with van der Waals surface area (Å²) < 4.78 is 5.13. The van der Waals surface area contributed by atoms with Gasteiger partial charge in [-0.15, -0.1) is 0 Å². The molecule has 0 saturated carbocycles. The highest BCUT2D eigenvalue weighted by Gasteiger charge is 2.10. The lowest BCUT2D eigenvalue weighted by Crippen LogP contribution is -2.18. The average molecular weight is 367 g/mol. The van der Waals surface area contributed by atoms with Crippen LogP contribution in [0.15, 0.2) is 47.6 Å². The molecule has 0 atom stereocenters. The van der Waals surface area contributed by atoms with Crippen molar-refractivity contribution in [2.24, 2.45) is 5.10 Å². The van der Waals surface area contributed by atoms with E-state index in [9.17, 15) is 9.59 Å². The van der Waals surface area contributed by atoms with Crippen molar-refractivity contribution in [2.75, 3.05) is 6.61 Å². The third-order valence-electron chi connectivity index (χ3n) is 2.81. The van der Waals surface area contributed by atoms with E-state index in [1.807, 2.05) is 0 Å². The molecule has 24 heavy (non-hydrogen) atoms. The van der Waals surface area contributed by atoms with Gasteiger partial charge in [-0.2, -0.15) is 5.10 Å². The lowest BCUT2D eigenvalue weighted by molar-refractivity contribution is -0.139. The standard InChI is InChI=1S/C16H12Cl2N2O4/c17-11-5-6-13(18)12(7-11)16(23)20-19-8-10-3-1-2-4-14(10)24-9-15(21)22/h1-8H,9H2,(H,20,23)(H,21,22)/b19-8-. The molecule has 124 valence electrons. The number of carbonyl (C=O) groups is 2. The zero-order valence-electron chi connectivity index (χ0n) is 12.2. The van der Waals surface area contributed by atoms with Crippen LogP contribution in [0, 0.1) is 0 Å². The Morgan fingerprint density at radius 1 is 1.21 bits per heavy atom. The van der Waals surface area contributed by atoms with Gasteiger partial charge in [0.05, 0.1) is 16.8 Å². The molecule has 0 radical (unpaired) electrons. The minimum atomic E-state index is -1.09. The number of ether oxygens (including phenoxy) is 1. The number of carboxylic acid groups (broad SMARTS) is 1. The average Bonchev–Trinajstić information content (AvgIpc) is 2.56. The Kier molecular flexibility index (Phi) is 6.17. The van der Waals surface area contributed by atoms with Crippen molar-refractivity contribution in [1.82, 2.24) is 5.43 Å². The van der Waals surface area contributed by atoms with E-state index in [1.165, 1.54) is 18.3 Å². The number of hydrazone groups is 1. The number of carboxylic acids is 1. The Morgan fingerprint density at radius 2 is 1.96 bits per heavy atom. The van der Waals surface area contributed by atoms with Crippen LogP contribution in [0.5, 0.6) is 5.75 Å². The van der Waals surface area contributed by atoms with Crippen molar-refractivity contribution < 1.29 is 19.4 Å². The number of halogens is 2. The van der Waals surface area contributed by atoms with Gasteiger partial charge >= 0.3 is 5.97 Å². The molecular formula is C16H12Cl2N2O4. The van der Waals surface area contributed by atoms with E-state index in [1.54, 1.807) is 30.3 Å². The van der Waals surface area contributed by atoms with Gasteiger partial charge in [-0.1, -0.05) is 35.3 Å². The van der Waals surface area contributed by atoms with Crippen molar-refractivity contribution in [3.63, 3.8) is 0 Å². The van der Waals surface area contributed by atoms with E-state index < -0.39 is 18.5 Å². The van der Waals surface area contributed by atoms with Crippen LogP contribution >= 0.6 is 23.2 Å². The maximum absolute atomic E-state index is 12.0. The second-order valence-electron chi connectivity index (χ2n) is 4.54. The summed E-state index contributed by atoms with van der Waals surface area (Å²) in [6.07, 6.45) is 1.34. The molecule has 0 aliphatic carbocycles. The van der Waals surface area contributed by atoms with Crippen LogP contribution in [-0.4, -0.2) is 29.8 Å². The van der Waals surface area contributed by atoms with Crippen molar-refractivity contribution in [3.8, 4) is 5.75 Å². The molecule has 0 saturated heterocycles. The Hall–Kier alpha value is -2.57. The van der Waals surface area contributed by atoms with Crippen LogP contribution in [0.3, 0.4) is 0 Å². The molecule has 6 nitrogen and oxygen atoms in total. The normalized spacial score (nSPS) is 10.6. The predicted molar refractivity (Wildman–Crippen MR) is 91.1 cm³/mol. The molecule has 0 unspecified atom stereocenters. The van der Waals surface area contributed by atoms with Crippen molar-refractivity contribution in [1.29, 1.82) is 0 Å².